The highest BCUT2D eigenvalue weighted by Gasteiger charge is 2.00. The topological polar surface area (TPSA) is 67.1 Å². The summed E-state index contributed by atoms with van der Waals surface area (Å²) in [5.41, 5.74) is 7.60. The van der Waals surface area contributed by atoms with Crippen molar-refractivity contribution >= 4 is 54.3 Å². The van der Waals surface area contributed by atoms with Crippen LogP contribution < -0.4 is 5.73 Å². The number of aromatic amines is 1. The average Bonchev–Trinajstić information content (AvgIpc) is 2.71. The molecule has 1 heterocycles. The van der Waals surface area contributed by atoms with E-state index in [0.717, 1.165) is 23.3 Å². The van der Waals surface area contributed by atoms with Crippen LogP contribution in [-0.2, 0) is 6.42 Å². The Bertz CT molecular complexity index is 479. The molecule has 18 heavy (non-hydrogen) atoms. The summed E-state index contributed by atoms with van der Waals surface area (Å²) in [6.45, 7) is 0.645. The molecule has 0 fully saturated rings. The van der Waals surface area contributed by atoms with Crippen LogP contribution in [0.15, 0.2) is 29.3 Å². The molecule has 2 aromatic rings. The molecular formula is C11H16Cl2N4S. The number of nitrogens with one attached hydrogen (secondary N) is 1. The first-order valence-corrected chi connectivity index (χ1v) is 5.76. The number of aliphatic imine (C=N–C) groups is 1. The second-order valence-electron chi connectivity index (χ2n) is 3.48. The van der Waals surface area contributed by atoms with E-state index >= 15 is 0 Å². The first-order chi connectivity index (χ1) is 7.79. The largest absolute Gasteiger partial charge is 0.387 e. The van der Waals surface area contributed by atoms with Gasteiger partial charge in [-0.05, 0) is 12.1 Å². The molecule has 0 aliphatic rings. The van der Waals surface area contributed by atoms with Gasteiger partial charge in [0.25, 0.3) is 0 Å². The van der Waals surface area contributed by atoms with Gasteiger partial charge in [-0.2, -0.15) is 12.6 Å². The van der Waals surface area contributed by atoms with Crippen LogP contribution in [-0.4, -0.2) is 28.1 Å². The minimum absolute atomic E-state index is 0. The summed E-state index contributed by atoms with van der Waals surface area (Å²) in [6, 6.07) is 7.96. The standard InChI is InChI=1S/C11H14N4S.2ClH/c12-10(7-16)13-6-5-11-14-8-3-1-2-4-9(8)15-11;;/h1-4,16H,5-7H2,(H2,12,13)(H,14,15);2*1H. The van der Waals surface area contributed by atoms with Gasteiger partial charge < -0.3 is 10.7 Å². The summed E-state index contributed by atoms with van der Waals surface area (Å²) in [4.78, 5) is 11.9. The van der Waals surface area contributed by atoms with Gasteiger partial charge in [-0.15, -0.1) is 24.8 Å². The van der Waals surface area contributed by atoms with Crippen molar-refractivity contribution in [2.45, 2.75) is 6.42 Å². The summed E-state index contributed by atoms with van der Waals surface area (Å²) in [5, 5.41) is 0. The summed E-state index contributed by atoms with van der Waals surface area (Å²) in [6.07, 6.45) is 0.767. The number of nitrogens with zero attached hydrogens (tertiary/aromatic N) is 2. The third-order valence-corrected chi connectivity index (χ3v) is 2.59. The monoisotopic (exact) mass is 306 g/mol. The predicted molar refractivity (Wildman–Crippen MR) is 84.6 cm³/mol. The molecule has 1 aromatic heterocycles. The van der Waals surface area contributed by atoms with Crippen LogP contribution in [0.3, 0.4) is 0 Å². The second kappa shape index (κ2) is 8.24. The zero-order valence-electron chi connectivity index (χ0n) is 9.67. The number of amidine groups is 1. The number of thiol groups is 1. The van der Waals surface area contributed by atoms with Crippen molar-refractivity contribution in [2.24, 2.45) is 10.7 Å². The van der Waals surface area contributed by atoms with E-state index in [1.165, 1.54) is 0 Å². The number of benzene rings is 1. The highest BCUT2D eigenvalue weighted by Crippen LogP contribution is 2.10. The molecule has 0 aliphatic heterocycles. The van der Waals surface area contributed by atoms with Crippen molar-refractivity contribution in [3.63, 3.8) is 0 Å². The minimum atomic E-state index is 0. The second-order valence-corrected chi connectivity index (χ2v) is 3.80. The van der Waals surface area contributed by atoms with Crippen molar-refractivity contribution in [3.8, 4) is 0 Å². The van der Waals surface area contributed by atoms with E-state index in [9.17, 15) is 0 Å². The molecule has 0 unspecified atom stereocenters. The quantitative estimate of drug-likeness (QED) is 0.461. The fourth-order valence-corrected chi connectivity index (χ4v) is 1.58. The van der Waals surface area contributed by atoms with Gasteiger partial charge in [0.2, 0.25) is 0 Å². The van der Waals surface area contributed by atoms with E-state index in [4.69, 9.17) is 5.73 Å². The van der Waals surface area contributed by atoms with Crippen molar-refractivity contribution in [2.75, 3.05) is 12.3 Å². The zero-order chi connectivity index (χ0) is 11.4. The van der Waals surface area contributed by atoms with Crippen molar-refractivity contribution < 1.29 is 0 Å². The Kier molecular flexibility index (Phi) is 7.82. The number of halogens is 2. The molecule has 0 amide bonds. The number of nitrogens with two attached hydrogens (primary N) is 1. The first kappa shape index (κ1) is 17.1. The molecule has 0 aliphatic carbocycles. The lowest BCUT2D eigenvalue weighted by atomic mass is 10.3. The highest BCUT2D eigenvalue weighted by molar-refractivity contribution is 7.81. The van der Waals surface area contributed by atoms with Gasteiger partial charge in [-0.1, -0.05) is 12.1 Å². The van der Waals surface area contributed by atoms with E-state index in [-0.39, 0.29) is 24.8 Å². The normalized spacial score (nSPS) is 10.8. The smallest absolute Gasteiger partial charge is 0.109 e. The molecule has 0 atom stereocenters. The minimum Gasteiger partial charge on any atom is -0.387 e. The maximum Gasteiger partial charge on any atom is 0.109 e. The number of hydrogen-bond acceptors (Lipinski definition) is 3. The molecular weight excluding hydrogens is 291 g/mol. The third kappa shape index (κ3) is 4.40. The Morgan fingerprint density at radius 2 is 2.06 bits per heavy atom. The van der Waals surface area contributed by atoms with Gasteiger partial charge in [0.05, 0.1) is 11.0 Å². The van der Waals surface area contributed by atoms with Gasteiger partial charge >= 0.3 is 0 Å². The number of imidazole rings is 1. The SMILES string of the molecule is Cl.Cl.NC(CS)=NCCc1nc2ccccc2[nH]1. The van der Waals surface area contributed by atoms with Gasteiger partial charge in [0, 0.05) is 18.7 Å². The van der Waals surface area contributed by atoms with Crippen LogP contribution in [0.5, 0.6) is 0 Å². The summed E-state index contributed by atoms with van der Waals surface area (Å²) in [5.74, 6) is 2.01. The number of aromatic nitrogens is 2. The Morgan fingerprint density at radius 3 is 2.72 bits per heavy atom. The average molecular weight is 307 g/mol. The molecule has 0 bridgehead atoms. The van der Waals surface area contributed by atoms with Crippen LogP contribution in [0.25, 0.3) is 11.0 Å². The molecule has 4 nitrogen and oxygen atoms in total. The van der Waals surface area contributed by atoms with Crippen LogP contribution in [0.2, 0.25) is 0 Å². The Morgan fingerprint density at radius 1 is 1.33 bits per heavy atom. The molecule has 0 radical (unpaired) electrons. The Labute approximate surface area is 124 Å². The molecule has 0 spiro atoms. The summed E-state index contributed by atoms with van der Waals surface area (Å²) >= 11 is 4.04. The molecule has 1 aromatic carbocycles. The third-order valence-electron chi connectivity index (χ3n) is 2.26. The number of hydrogen-bond donors (Lipinski definition) is 3. The molecule has 0 saturated carbocycles. The van der Waals surface area contributed by atoms with E-state index in [2.05, 4.69) is 27.6 Å². The summed E-state index contributed by atoms with van der Waals surface area (Å²) in [7, 11) is 0. The van der Waals surface area contributed by atoms with E-state index < -0.39 is 0 Å². The number of fused-ring (bicyclic) bond motifs is 1. The van der Waals surface area contributed by atoms with E-state index in [1.807, 2.05) is 24.3 Å². The van der Waals surface area contributed by atoms with Crippen molar-refractivity contribution in [1.82, 2.24) is 9.97 Å². The van der Waals surface area contributed by atoms with E-state index in [0.29, 0.717) is 18.1 Å². The van der Waals surface area contributed by atoms with E-state index in [1.54, 1.807) is 0 Å². The zero-order valence-corrected chi connectivity index (χ0v) is 12.2. The summed E-state index contributed by atoms with van der Waals surface area (Å²) < 4.78 is 0. The molecule has 7 heteroatoms. The van der Waals surface area contributed by atoms with Gasteiger partial charge in [0.15, 0.2) is 0 Å². The number of para-hydroxylation sites is 2. The lowest BCUT2D eigenvalue weighted by molar-refractivity contribution is 0.898. The maximum absolute atomic E-state index is 5.56. The lowest BCUT2D eigenvalue weighted by Gasteiger charge is -1.94. The first-order valence-electron chi connectivity index (χ1n) is 5.13. The maximum atomic E-state index is 5.56. The van der Waals surface area contributed by atoms with Gasteiger partial charge in [-0.25, -0.2) is 4.98 Å². The Hall–Kier alpha value is -0.910. The van der Waals surface area contributed by atoms with Crippen LogP contribution >= 0.6 is 37.4 Å². The Balaban J connectivity index is 0.00000144. The fraction of sp³-hybridized carbons (Fsp3) is 0.273. The van der Waals surface area contributed by atoms with Crippen LogP contribution in [0.1, 0.15) is 5.82 Å². The molecule has 3 N–H and O–H groups in total. The lowest BCUT2D eigenvalue weighted by Crippen LogP contribution is -2.14. The molecule has 2 rings (SSSR count). The molecule has 0 saturated heterocycles. The van der Waals surface area contributed by atoms with Gasteiger partial charge in [0.1, 0.15) is 11.7 Å². The number of rotatable bonds is 4. The van der Waals surface area contributed by atoms with Crippen LogP contribution in [0.4, 0.5) is 0 Å². The van der Waals surface area contributed by atoms with Crippen LogP contribution in [0, 0.1) is 0 Å². The predicted octanol–water partition coefficient (Wildman–Crippen LogP) is 2.24. The highest BCUT2D eigenvalue weighted by atomic mass is 35.5. The van der Waals surface area contributed by atoms with Gasteiger partial charge in [-0.3, -0.25) is 4.99 Å². The molecule has 100 valence electrons. The fourth-order valence-electron chi connectivity index (χ4n) is 1.48. The van der Waals surface area contributed by atoms with Crippen molar-refractivity contribution in [1.29, 1.82) is 0 Å². The number of H-pyrrole nitrogens is 1. The van der Waals surface area contributed by atoms with Crippen molar-refractivity contribution in [3.05, 3.63) is 30.1 Å².